The fourth-order valence-corrected chi connectivity index (χ4v) is 2.77. The molecule has 19 heavy (non-hydrogen) atoms. The number of benzene rings is 1. The minimum absolute atomic E-state index is 0.723. The van der Waals surface area contributed by atoms with Gasteiger partial charge < -0.3 is 0 Å². The quantitative estimate of drug-likeness (QED) is 0.397. The maximum absolute atomic E-state index is 3.39. The lowest BCUT2D eigenvalue weighted by Gasteiger charge is -2.14. The van der Waals surface area contributed by atoms with E-state index in [0.717, 1.165) is 5.92 Å². The zero-order valence-electron chi connectivity index (χ0n) is 13.0. The second-order valence-electron chi connectivity index (χ2n) is 5.69. The van der Waals surface area contributed by atoms with Crippen LogP contribution in [0.15, 0.2) is 24.3 Å². The predicted molar refractivity (Wildman–Crippen MR) is 85.5 cm³/mol. The van der Waals surface area contributed by atoms with Crippen LogP contribution in [0.1, 0.15) is 89.5 Å². The van der Waals surface area contributed by atoms with Gasteiger partial charge in [0.05, 0.1) is 0 Å². The van der Waals surface area contributed by atoms with Crippen molar-refractivity contribution >= 4 is 0 Å². The molecule has 0 amide bonds. The van der Waals surface area contributed by atoms with E-state index in [9.17, 15) is 0 Å². The van der Waals surface area contributed by atoms with Crippen molar-refractivity contribution in [1.29, 1.82) is 0 Å². The third-order valence-electron chi connectivity index (χ3n) is 4.07. The van der Waals surface area contributed by atoms with Crippen LogP contribution in [0.4, 0.5) is 0 Å². The Bertz CT molecular complexity index is 288. The standard InChI is InChI=1S/C19H31/c1-3-5-6-7-8-9-10-12-15-18(4-2)19-16-13-11-14-17-19/h11,13-14,16,18H,3-10,12,15H2,1-2H3. The molecule has 1 radical (unpaired) electrons. The summed E-state index contributed by atoms with van der Waals surface area (Å²) in [5.41, 5.74) is 1.41. The Kier molecular flexibility index (Phi) is 9.49. The molecule has 0 fully saturated rings. The molecular weight excluding hydrogens is 228 g/mol. The van der Waals surface area contributed by atoms with E-state index in [2.05, 4.69) is 38.1 Å². The van der Waals surface area contributed by atoms with Crippen LogP contribution >= 0.6 is 0 Å². The largest absolute Gasteiger partial charge is 0.0654 e. The first kappa shape index (κ1) is 16.3. The van der Waals surface area contributed by atoms with Crippen LogP contribution in [0.5, 0.6) is 0 Å². The molecule has 0 aliphatic carbocycles. The molecule has 1 aromatic carbocycles. The van der Waals surface area contributed by atoms with E-state index in [0.29, 0.717) is 0 Å². The molecule has 1 aromatic rings. The monoisotopic (exact) mass is 259 g/mol. The molecule has 0 N–H and O–H groups in total. The Morgan fingerprint density at radius 3 is 2.16 bits per heavy atom. The topological polar surface area (TPSA) is 0 Å². The summed E-state index contributed by atoms with van der Waals surface area (Å²) in [6.07, 6.45) is 13.9. The van der Waals surface area contributed by atoms with Crippen molar-refractivity contribution in [3.63, 3.8) is 0 Å². The second kappa shape index (κ2) is 11.1. The van der Waals surface area contributed by atoms with Crippen LogP contribution in [-0.2, 0) is 0 Å². The summed E-state index contributed by atoms with van der Waals surface area (Å²) in [5, 5.41) is 0. The SMILES string of the molecule is CCCCCCCCCCC(CC)c1[c]cccc1. The molecule has 107 valence electrons. The number of hydrogen-bond donors (Lipinski definition) is 0. The molecule has 0 nitrogen and oxygen atoms in total. The van der Waals surface area contributed by atoms with Gasteiger partial charge in [0.2, 0.25) is 0 Å². The van der Waals surface area contributed by atoms with Crippen molar-refractivity contribution in [3.05, 3.63) is 35.9 Å². The van der Waals surface area contributed by atoms with Gasteiger partial charge in [-0.25, -0.2) is 0 Å². The average molecular weight is 259 g/mol. The summed E-state index contributed by atoms with van der Waals surface area (Å²) in [7, 11) is 0. The molecule has 0 aromatic heterocycles. The van der Waals surface area contributed by atoms with Crippen LogP contribution in [-0.4, -0.2) is 0 Å². The van der Waals surface area contributed by atoms with E-state index in [1.807, 2.05) is 6.07 Å². The Morgan fingerprint density at radius 1 is 0.895 bits per heavy atom. The van der Waals surface area contributed by atoms with Crippen molar-refractivity contribution in [2.24, 2.45) is 0 Å². The molecule has 0 aliphatic rings. The van der Waals surface area contributed by atoms with Gasteiger partial charge in [0, 0.05) is 0 Å². The highest BCUT2D eigenvalue weighted by molar-refractivity contribution is 5.17. The third kappa shape index (κ3) is 7.40. The molecule has 0 bridgehead atoms. The van der Waals surface area contributed by atoms with E-state index in [1.54, 1.807) is 0 Å². The summed E-state index contributed by atoms with van der Waals surface area (Å²) in [4.78, 5) is 0. The number of rotatable bonds is 11. The summed E-state index contributed by atoms with van der Waals surface area (Å²) in [6.45, 7) is 4.59. The molecule has 0 heterocycles. The fraction of sp³-hybridized carbons (Fsp3) is 0.684. The van der Waals surface area contributed by atoms with Crippen LogP contribution in [0.2, 0.25) is 0 Å². The summed E-state index contributed by atoms with van der Waals surface area (Å²) < 4.78 is 0. The van der Waals surface area contributed by atoms with Crippen LogP contribution < -0.4 is 0 Å². The highest BCUT2D eigenvalue weighted by Gasteiger charge is 2.08. The van der Waals surface area contributed by atoms with Crippen molar-refractivity contribution in [2.45, 2.75) is 84.0 Å². The first-order valence-electron chi connectivity index (χ1n) is 8.35. The highest BCUT2D eigenvalue weighted by atomic mass is 14.1. The molecule has 1 rings (SSSR count). The minimum Gasteiger partial charge on any atom is -0.0654 e. The molecule has 0 aliphatic heterocycles. The van der Waals surface area contributed by atoms with E-state index >= 15 is 0 Å². The Hall–Kier alpha value is -0.780. The first-order valence-corrected chi connectivity index (χ1v) is 8.35. The molecule has 0 heteroatoms. The zero-order chi connectivity index (χ0) is 13.8. The van der Waals surface area contributed by atoms with Gasteiger partial charge in [0.25, 0.3) is 0 Å². The van der Waals surface area contributed by atoms with Gasteiger partial charge in [-0.2, -0.15) is 0 Å². The predicted octanol–water partition coefficient (Wildman–Crippen LogP) is 6.51. The summed E-state index contributed by atoms with van der Waals surface area (Å²) >= 11 is 0. The average Bonchev–Trinajstić information content (AvgIpc) is 2.47. The van der Waals surface area contributed by atoms with Crippen molar-refractivity contribution < 1.29 is 0 Å². The smallest absolute Gasteiger partial charge is 0.0146 e. The number of hydrogen-bond acceptors (Lipinski definition) is 0. The maximum Gasteiger partial charge on any atom is -0.0146 e. The van der Waals surface area contributed by atoms with E-state index in [-0.39, 0.29) is 0 Å². The first-order chi connectivity index (χ1) is 9.38. The lowest BCUT2D eigenvalue weighted by Crippen LogP contribution is -1.97. The molecule has 1 unspecified atom stereocenters. The molecule has 0 saturated carbocycles. The fourth-order valence-electron chi connectivity index (χ4n) is 2.77. The van der Waals surface area contributed by atoms with Crippen molar-refractivity contribution in [3.8, 4) is 0 Å². The van der Waals surface area contributed by atoms with Crippen molar-refractivity contribution in [1.82, 2.24) is 0 Å². The lowest BCUT2D eigenvalue weighted by molar-refractivity contribution is 0.522. The van der Waals surface area contributed by atoms with Crippen LogP contribution in [0.3, 0.4) is 0 Å². The second-order valence-corrected chi connectivity index (χ2v) is 5.69. The lowest BCUT2D eigenvalue weighted by atomic mass is 9.91. The van der Waals surface area contributed by atoms with E-state index in [1.165, 1.54) is 69.8 Å². The molecule has 1 atom stereocenters. The van der Waals surface area contributed by atoms with E-state index in [4.69, 9.17) is 0 Å². The molecular formula is C19H31. The highest BCUT2D eigenvalue weighted by Crippen LogP contribution is 2.25. The Morgan fingerprint density at radius 2 is 1.58 bits per heavy atom. The normalized spacial score (nSPS) is 12.5. The molecule has 0 spiro atoms. The van der Waals surface area contributed by atoms with E-state index < -0.39 is 0 Å². The van der Waals surface area contributed by atoms with Crippen LogP contribution in [0, 0.1) is 6.07 Å². The summed E-state index contributed by atoms with van der Waals surface area (Å²) in [5.74, 6) is 0.723. The Balaban J connectivity index is 2.07. The van der Waals surface area contributed by atoms with Gasteiger partial charge in [0.1, 0.15) is 0 Å². The number of unbranched alkanes of at least 4 members (excludes halogenated alkanes) is 7. The minimum atomic E-state index is 0.723. The van der Waals surface area contributed by atoms with Crippen LogP contribution in [0.25, 0.3) is 0 Å². The van der Waals surface area contributed by atoms with Gasteiger partial charge in [-0.3, -0.25) is 0 Å². The molecule has 0 saturated heterocycles. The van der Waals surface area contributed by atoms with Gasteiger partial charge in [-0.15, -0.1) is 0 Å². The Labute approximate surface area is 120 Å². The van der Waals surface area contributed by atoms with Gasteiger partial charge >= 0.3 is 0 Å². The maximum atomic E-state index is 3.39. The summed E-state index contributed by atoms with van der Waals surface area (Å²) in [6, 6.07) is 11.9. The van der Waals surface area contributed by atoms with Crippen molar-refractivity contribution in [2.75, 3.05) is 0 Å². The third-order valence-corrected chi connectivity index (χ3v) is 4.07. The zero-order valence-corrected chi connectivity index (χ0v) is 13.0. The van der Waals surface area contributed by atoms with Gasteiger partial charge in [-0.1, -0.05) is 89.5 Å². The van der Waals surface area contributed by atoms with Gasteiger partial charge in [-0.05, 0) is 30.4 Å². The van der Waals surface area contributed by atoms with Gasteiger partial charge in [0.15, 0.2) is 0 Å².